The minimum Gasteiger partial charge on any atom is -0.357 e. The molecule has 6 heteroatoms. The minimum absolute atomic E-state index is 0.472. The first kappa shape index (κ1) is 14.8. The SMILES string of the molecule is CCC1(C)CCN(c2nc(NC)nc(N(C)C)n2)CC1. The monoisotopic (exact) mass is 278 g/mol. The third-order valence-corrected chi connectivity index (χ3v) is 4.34. The molecule has 1 N–H and O–H groups in total. The number of nitrogens with zero attached hydrogens (tertiary/aromatic N) is 5. The molecular weight excluding hydrogens is 252 g/mol. The maximum absolute atomic E-state index is 4.57. The quantitative estimate of drug-likeness (QED) is 0.909. The Morgan fingerprint density at radius 1 is 1.20 bits per heavy atom. The summed E-state index contributed by atoms with van der Waals surface area (Å²) in [5, 5.41) is 3.01. The van der Waals surface area contributed by atoms with Gasteiger partial charge in [-0.1, -0.05) is 20.3 Å². The lowest BCUT2D eigenvalue weighted by molar-refractivity contribution is 0.237. The molecule has 0 unspecified atom stereocenters. The molecule has 1 aromatic heterocycles. The molecule has 0 saturated carbocycles. The van der Waals surface area contributed by atoms with Gasteiger partial charge in [-0.2, -0.15) is 15.0 Å². The molecule has 0 spiro atoms. The molecule has 1 aliphatic rings. The van der Waals surface area contributed by atoms with Crippen molar-refractivity contribution < 1.29 is 0 Å². The number of rotatable bonds is 4. The van der Waals surface area contributed by atoms with Crippen LogP contribution in [-0.2, 0) is 0 Å². The fourth-order valence-electron chi connectivity index (χ4n) is 2.41. The molecule has 0 amide bonds. The molecule has 20 heavy (non-hydrogen) atoms. The predicted octanol–water partition coefficient (Wildman–Crippen LogP) is 2.00. The number of hydrogen-bond donors (Lipinski definition) is 1. The predicted molar refractivity (Wildman–Crippen MR) is 83.5 cm³/mol. The lowest BCUT2D eigenvalue weighted by Gasteiger charge is -2.39. The van der Waals surface area contributed by atoms with E-state index in [1.807, 2.05) is 26.0 Å². The van der Waals surface area contributed by atoms with Gasteiger partial charge in [0.2, 0.25) is 17.8 Å². The van der Waals surface area contributed by atoms with Crippen LogP contribution in [0.3, 0.4) is 0 Å². The zero-order valence-corrected chi connectivity index (χ0v) is 13.3. The molecule has 1 aliphatic heterocycles. The smallest absolute Gasteiger partial charge is 0.231 e. The van der Waals surface area contributed by atoms with Gasteiger partial charge in [-0.15, -0.1) is 0 Å². The number of hydrogen-bond acceptors (Lipinski definition) is 6. The van der Waals surface area contributed by atoms with E-state index >= 15 is 0 Å². The summed E-state index contributed by atoms with van der Waals surface area (Å²) in [4.78, 5) is 17.6. The Morgan fingerprint density at radius 3 is 2.35 bits per heavy atom. The van der Waals surface area contributed by atoms with Crippen LogP contribution in [0.2, 0.25) is 0 Å². The van der Waals surface area contributed by atoms with Gasteiger partial charge in [0.1, 0.15) is 0 Å². The Labute approximate surface area is 121 Å². The van der Waals surface area contributed by atoms with Crippen molar-refractivity contribution in [3.63, 3.8) is 0 Å². The second-order valence-electron chi connectivity index (χ2n) is 6.05. The normalized spacial score (nSPS) is 17.9. The van der Waals surface area contributed by atoms with Crippen LogP contribution in [-0.4, -0.2) is 49.2 Å². The molecule has 1 saturated heterocycles. The second-order valence-corrected chi connectivity index (χ2v) is 6.05. The molecule has 2 rings (SSSR count). The van der Waals surface area contributed by atoms with Gasteiger partial charge in [-0.25, -0.2) is 0 Å². The van der Waals surface area contributed by atoms with Crippen molar-refractivity contribution in [1.82, 2.24) is 15.0 Å². The molecule has 1 aromatic rings. The summed E-state index contributed by atoms with van der Waals surface area (Å²) in [5.41, 5.74) is 0.472. The van der Waals surface area contributed by atoms with Crippen LogP contribution >= 0.6 is 0 Å². The fraction of sp³-hybridized carbons (Fsp3) is 0.786. The Kier molecular flexibility index (Phi) is 4.30. The first-order valence-electron chi connectivity index (χ1n) is 7.33. The van der Waals surface area contributed by atoms with Gasteiger partial charge >= 0.3 is 0 Å². The van der Waals surface area contributed by atoms with Crippen molar-refractivity contribution in [2.75, 3.05) is 49.3 Å². The average Bonchev–Trinajstić information content (AvgIpc) is 2.47. The number of nitrogens with one attached hydrogen (secondary N) is 1. The number of anilines is 3. The Hall–Kier alpha value is -1.59. The molecule has 0 bridgehead atoms. The molecule has 2 heterocycles. The first-order valence-corrected chi connectivity index (χ1v) is 7.33. The van der Waals surface area contributed by atoms with Crippen LogP contribution in [0, 0.1) is 5.41 Å². The van der Waals surface area contributed by atoms with Crippen molar-refractivity contribution in [3.8, 4) is 0 Å². The molecule has 0 aromatic carbocycles. The van der Waals surface area contributed by atoms with Crippen molar-refractivity contribution in [1.29, 1.82) is 0 Å². The van der Waals surface area contributed by atoms with Crippen LogP contribution in [0.4, 0.5) is 17.8 Å². The highest BCUT2D eigenvalue weighted by Gasteiger charge is 2.29. The largest absolute Gasteiger partial charge is 0.357 e. The summed E-state index contributed by atoms with van der Waals surface area (Å²) >= 11 is 0. The second kappa shape index (κ2) is 5.81. The molecule has 0 radical (unpaired) electrons. The van der Waals surface area contributed by atoms with Gasteiger partial charge in [0.05, 0.1) is 0 Å². The van der Waals surface area contributed by atoms with E-state index in [0.29, 0.717) is 17.3 Å². The van der Waals surface area contributed by atoms with Crippen LogP contribution < -0.4 is 15.1 Å². The summed E-state index contributed by atoms with van der Waals surface area (Å²) in [5.74, 6) is 2.11. The van der Waals surface area contributed by atoms with Crippen molar-refractivity contribution in [3.05, 3.63) is 0 Å². The van der Waals surface area contributed by atoms with Crippen LogP contribution in [0.15, 0.2) is 0 Å². The van der Waals surface area contributed by atoms with Crippen molar-refractivity contribution in [2.45, 2.75) is 33.1 Å². The average molecular weight is 278 g/mol. The van der Waals surface area contributed by atoms with Crippen LogP contribution in [0.1, 0.15) is 33.1 Å². The zero-order chi connectivity index (χ0) is 14.8. The van der Waals surface area contributed by atoms with Gasteiger partial charge < -0.3 is 15.1 Å². The third kappa shape index (κ3) is 3.11. The zero-order valence-electron chi connectivity index (χ0n) is 13.3. The third-order valence-electron chi connectivity index (χ3n) is 4.34. The molecule has 6 nitrogen and oxygen atoms in total. The summed E-state index contributed by atoms with van der Waals surface area (Å²) in [6, 6.07) is 0. The van der Waals surface area contributed by atoms with Gasteiger partial charge in [0.25, 0.3) is 0 Å². The van der Waals surface area contributed by atoms with E-state index in [4.69, 9.17) is 0 Å². The highest BCUT2D eigenvalue weighted by atomic mass is 15.3. The standard InChI is InChI=1S/C14H26N6/c1-6-14(2)7-9-20(10-8-14)13-17-11(15-3)16-12(18-13)19(4)5/h6-10H2,1-5H3,(H,15,16,17,18). The van der Waals surface area contributed by atoms with E-state index in [1.165, 1.54) is 19.3 Å². The van der Waals surface area contributed by atoms with E-state index < -0.39 is 0 Å². The molecule has 0 atom stereocenters. The number of piperidine rings is 1. The van der Waals surface area contributed by atoms with E-state index in [0.717, 1.165) is 19.0 Å². The van der Waals surface area contributed by atoms with Crippen molar-refractivity contribution in [2.24, 2.45) is 5.41 Å². The highest BCUT2D eigenvalue weighted by molar-refractivity contribution is 5.44. The van der Waals surface area contributed by atoms with Crippen LogP contribution in [0.25, 0.3) is 0 Å². The molecular formula is C14H26N6. The maximum atomic E-state index is 4.57. The summed E-state index contributed by atoms with van der Waals surface area (Å²) in [7, 11) is 5.73. The van der Waals surface area contributed by atoms with Crippen LogP contribution in [0.5, 0.6) is 0 Å². The van der Waals surface area contributed by atoms with Crippen molar-refractivity contribution >= 4 is 17.8 Å². The van der Waals surface area contributed by atoms with E-state index in [2.05, 4.69) is 39.0 Å². The minimum atomic E-state index is 0.472. The van der Waals surface area contributed by atoms with E-state index in [9.17, 15) is 0 Å². The maximum Gasteiger partial charge on any atom is 0.231 e. The van der Waals surface area contributed by atoms with Gasteiger partial charge in [0.15, 0.2) is 0 Å². The molecule has 112 valence electrons. The Morgan fingerprint density at radius 2 is 1.85 bits per heavy atom. The fourth-order valence-corrected chi connectivity index (χ4v) is 2.41. The Bertz CT molecular complexity index is 451. The highest BCUT2D eigenvalue weighted by Crippen LogP contribution is 2.35. The lowest BCUT2D eigenvalue weighted by Crippen LogP contribution is -2.39. The number of aromatic nitrogens is 3. The summed E-state index contributed by atoms with van der Waals surface area (Å²) < 4.78 is 0. The van der Waals surface area contributed by atoms with Gasteiger partial charge in [-0.3, -0.25) is 0 Å². The van der Waals surface area contributed by atoms with E-state index in [-0.39, 0.29) is 0 Å². The van der Waals surface area contributed by atoms with Gasteiger partial charge in [0, 0.05) is 34.2 Å². The summed E-state index contributed by atoms with van der Waals surface area (Å²) in [6.45, 7) is 6.69. The topological polar surface area (TPSA) is 57.2 Å². The molecule has 0 aliphatic carbocycles. The lowest BCUT2D eigenvalue weighted by atomic mass is 9.78. The van der Waals surface area contributed by atoms with E-state index in [1.54, 1.807) is 0 Å². The first-order chi connectivity index (χ1) is 9.47. The molecule has 1 fully saturated rings. The Balaban J connectivity index is 2.19. The van der Waals surface area contributed by atoms with Gasteiger partial charge in [-0.05, 0) is 18.3 Å². The summed E-state index contributed by atoms with van der Waals surface area (Å²) in [6.07, 6.45) is 3.63.